The average molecular weight is 275 g/mol. The molecule has 0 spiro atoms. The summed E-state index contributed by atoms with van der Waals surface area (Å²) in [5.74, 6) is 0.0795. The summed E-state index contributed by atoms with van der Waals surface area (Å²) in [5, 5.41) is 3.02. The first kappa shape index (κ1) is 14.9. The maximum atomic E-state index is 12.2. The number of rotatable bonds is 5. The van der Waals surface area contributed by atoms with E-state index in [1.807, 2.05) is 33.2 Å². The normalized spacial score (nSPS) is 16.4. The fourth-order valence-corrected chi connectivity index (χ4v) is 2.73. The van der Waals surface area contributed by atoms with Crippen LogP contribution in [0.2, 0.25) is 0 Å². The van der Waals surface area contributed by atoms with E-state index in [4.69, 9.17) is 5.73 Å². The Morgan fingerprint density at radius 2 is 2.10 bits per heavy atom. The molecule has 1 aliphatic carbocycles. The van der Waals surface area contributed by atoms with Gasteiger partial charge in [-0.05, 0) is 55.5 Å². The summed E-state index contributed by atoms with van der Waals surface area (Å²) >= 11 is 0. The van der Waals surface area contributed by atoms with E-state index in [0.717, 1.165) is 29.8 Å². The Morgan fingerprint density at radius 1 is 1.40 bits per heavy atom. The number of carbonyl (C=O) groups is 1. The number of nitrogens with zero attached hydrogens (tertiary/aromatic N) is 1. The molecule has 1 amide bonds. The van der Waals surface area contributed by atoms with E-state index in [-0.39, 0.29) is 11.3 Å². The minimum atomic E-state index is 0.0571. The summed E-state index contributed by atoms with van der Waals surface area (Å²) in [6.45, 7) is 2.63. The maximum Gasteiger partial charge on any atom is 0.224 e. The van der Waals surface area contributed by atoms with Gasteiger partial charge in [-0.1, -0.05) is 6.42 Å². The van der Waals surface area contributed by atoms with Crippen LogP contribution >= 0.6 is 0 Å². The maximum absolute atomic E-state index is 12.2. The molecule has 1 fully saturated rings. The molecule has 2 rings (SSSR count). The number of anilines is 2. The molecule has 110 valence electrons. The lowest BCUT2D eigenvalue weighted by atomic mass is 9.66. The molecule has 0 radical (unpaired) electrons. The number of nitrogens with one attached hydrogen (secondary N) is 1. The molecule has 0 aliphatic heterocycles. The zero-order valence-electron chi connectivity index (χ0n) is 12.7. The standard InChI is InChI=1S/C16H25N3O/c1-12-9-13(19(2)3)5-6-14(12)18-15(20)10-16(11-17)7-4-8-16/h5-6,9H,4,7-8,10-11,17H2,1-3H3,(H,18,20). The van der Waals surface area contributed by atoms with Crippen LogP contribution in [0.15, 0.2) is 18.2 Å². The Morgan fingerprint density at radius 3 is 2.55 bits per heavy atom. The van der Waals surface area contributed by atoms with Gasteiger partial charge in [0.15, 0.2) is 0 Å². The predicted octanol–water partition coefficient (Wildman–Crippen LogP) is 2.52. The van der Waals surface area contributed by atoms with E-state index in [9.17, 15) is 4.79 Å². The van der Waals surface area contributed by atoms with Crippen LogP contribution in [-0.2, 0) is 4.79 Å². The van der Waals surface area contributed by atoms with E-state index >= 15 is 0 Å². The summed E-state index contributed by atoms with van der Waals surface area (Å²) in [4.78, 5) is 14.2. The largest absolute Gasteiger partial charge is 0.378 e. The number of carbonyl (C=O) groups excluding carboxylic acids is 1. The smallest absolute Gasteiger partial charge is 0.224 e. The highest BCUT2D eigenvalue weighted by molar-refractivity contribution is 5.92. The van der Waals surface area contributed by atoms with Crippen LogP contribution in [0.1, 0.15) is 31.2 Å². The van der Waals surface area contributed by atoms with Crippen molar-refractivity contribution in [1.82, 2.24) is 0 Å². The lowest BCUT2D eigenvalue weighted by Crippen LogP contribution is -2.40. The van der Waals surface area contributed by atoms with E-state index < -0.39 is 0 Å². The third-order valence-electron chi connectivity index (χ3n) is 4.38. The van der Waals surface area contributed by atoms with Crippen LogP contribution < -0.4 is 16.0 Å². The fraction of sp³-hybridized carbons (Fsp3) is 0.562. The number of benzene rings is 1. The van der Waals surface area contributed by atoms with Crippen molar-refractivity contribution in [3.63, 3.8) is 0 Å². The molecule has 3 N–H and O–H groups in total. The number of amides is 1. The number of hydrogen-bond acceptors (Lipinski definition) is 3. The van der Waals surface area contributed by atoms with Crippen LogP contribution in [0.25, 0.3) is 0 Å². The van der Waals surface area contributed by atoms with E-state index in [0.29, 0.717) is 13.0 Å². The highest BCUT2D eigenvalue weighted by Crippen LogP contribution is 2.43. The molecule has 0 heterocycles. The van der Waals surface area contributed by atoms with Gasteiger partial charge in [0.05, 0.1) is 0 Å². The van der Waals surface area contributed by atoms with Gasteiger partial charge in [0.1, 0.15) is 0 Å². The van der Waals surface area contributed by atoms with Crippen molar-refractivity contribution in [1.29, 1.82) is 0 Å². The summed E-state index contributed by atoms with van der Waals surface area (Å²) in [5.41, 5.74) is 8.98. The molecule has 1 saturated carbocycles. The van der Waals surface area contributed by atoms with Crippen LogP contribution in [0.5, 0.6) is 0 Å². The second kappa shape index (κ2) is 5.83. The van der Waals surface area contributed by atoms with Crippen molar-refractivity contribution in [2.45, 2.75) is 32.6 Å². The molecule has 0 saturated heterocycles. The average Bonchev–Trinajstić information content (AvgIpc) is 2.36. The van der Waals surface area contributed by atoms with Crippen molar-refractivity contribution >= 4 is 17.3 Å². The Kier molecular flexibility index (Phi) is 4.33. The van der Waals surface area contributed by atoms with Gasteiger partial charge < -0.3 is 16.0 Å². The minimum absolute atomic E-state index is 0.0571. The zero-order valence-corrected chi connectivity index (χ0v) is 12.7. The van der Waals surface area contributed by atoms with Gasteiger partial charge in [-0.25, -0.2) is 0 Å². The van der Waals surface area contributed by atoms with Gasteiger partial charge in [0.25, 0.3) is 0 Å². The van der Waals surface area contributed by atoms with Crippen LogP contribution in [-0.4, -0.2) is 26.5 Å². The highest BCUT2D eigenvalue weighted by atomic mass is 16.1. The number of aryl methyl sites for hydroxylation is 1. The van der Waals surface area contributed by atoms with Gasteiger partial charge >= 0.3 is 0 Å². The third kappa shape index (κ3) is 3.12. The van der Waals surface area contributed by atoms with E-state index in [2.05, 4.69) is 16.3 Å². The Labute approximate surface area is 121 Å². The SMILES string of the molecule is Cc1cc(N(C)C)ccc1NC(=O)CC1(CN)CCC1. The van der Waals surface area contributed by atoms with Crippen LogP contribution in [0, 0.1) is 12.3 Å². The quantitative estimate of drug-likeness (QED) is 0.868. The summed E-state index contributed by atoms with van der Waals surface area (Å²) in [6, 6.07) is 6.07. The van der Waals surface area contributed by atoms with Crippen molar-refractivity contribution in [3.8, 4) is 0 Å². The minimum Gasteiger partial charge on any atom is -0.378 e. The predicted molar refractivity (Wildman–Crippen MR) is 84.1 cm³/mol. The molecule has 0 bridgehead atoms. The lowest BCUT2D eigenvalue weighted by molar-refractivity contribution is -0.119. The first-order chi connectivity index (χ1) is 9.46. The van der Waals surface area contributed by atoms with Crippen molar-refractivity contribution in [2.75, 3.05) is 30.9 Å². The van der Waals surface area contributed by atoms with Gasteiger partial charge in [-0.15, -0.1) is 0 Å². The zero-order chi connectivity index (χ0) is 14.8. The van der Waals surface area contributed by atoms with Gasteiger partial charge in [0, 0.05) is 31.9 Å². The highest BCUT2D eigenvalue weighted by Gasteiger charge is 2.37. The van der Waals surface area contributed by atoms with Crippen molar-refractivity contribution in [3.05, 3.63) is 23.8 Å². The van der Waals surface area contributed by atoms with E-state index in [1.54, 1.807) is 0 Å². The molecule has 4 heteroatoms. The summed E-state index contributed by atoms with van der Waals surface area (Å²) in [7, 11) is 4.02. The summed E-state index contributed by atoms with van der Waals surface area (Å²) < 4.78 is 0. The molecular weight excluding hydrogens is 250 g/mol. The molecule has 1 aromatic rings. The monoisotopic (exact) mass is 275 g/mol. The molecular formula is C16H25N3O. The third-order valence-corrected chi connectivity index (χ3v) is 4.38. The van der Waals surface area contributed by atoms with Crippen molar-refractivity contribution < 1.29 is 4.79 Å². The molecule has 4 nitrogen and oxygen atoms in total. The van der Waals surface area contributed by atoms with Crippen LogP contribution in [0.4, 0.5) is 11.4 Å². The number of hydrogen-bond donors (Lipinski definition) is 2. The number of nitrogens with two attached hydrogens (primary N) is 1. The Bertz CT molecular complexity index is 487. The van der Waals surface area contributed by atoms with Crippen molar-refractivity contribution in [2.24, 2.45) is 11.1 Å². The molecule has 0 atom stereocenters. The van der Waals surface area contributed by atoms with Gasteiger partial charge in [-0.3, -0.25) is 4.79 Å². The molecule has 20 heavy (non-hydrogen) atoms. The molecule has 1 aromatic carbocycles. The second-order valence-electron chi connectivity index (χ2n) is 6.18. The Hall–Kier alpha value is -1.55. The first-order valence-electron chi connectivity index (χ1n) is 7.24. The van der Waals surface area contributed by atoms with E-state index in [1.165, 1.54) is 6.42 Å². The summed E-state index contributed by atoms with van der Waals surface area (Å²) in [6.07, 6.45) is 3.89. The molecule has 0 aromatic heterocycles. The van der Waals surface area contributed by atoms with Gasteiger partial charge in [0.2, 0.25) is 5.91 Å². The van der Waals surface area contributed by atoms with Crippen LogP contribution in [0.3, 0.4) is 0 Å². The Balaban J connectivity index is 2.01. The molecule has 1 aliphatic rings. The van der Waals surface area contributed by atoms with Gasteiger partial charge in [-0.2, -0.15) is 0 Å². The molecule has 0 unspecified atom stereocenters. The topological polar surface area (TPSA) is 58.4 Å². The lowest BCUT2D eigenvalue weighted by Gasteiger charge is -2.40. The second-order valence-corrected chi connectivity index (χ2v) is 6.18. The first-order valence-corrected chi connectivity index (χ1v) is 7.24. The fourth-order valence-electron chi connectivity index (χ4n) is 2.73.